The van der Waals surface area contributed by atoms with Crippen LogP contribution >= 0.6 is 27.7 Å². The Balaban J connectivity index is 1.26. The molecule has 1 N–H and O–H groups in total. The van der Waals surface area contributed by atoms with E-state index < -0.39 is 0 Å². The van der Waals surface area contributed by atoms with Gasteiger partial charge in [0.1, 0.15) is 0 Å². The molecule has 0 unspecified atom stereocenters. The summed E-state index contributed by atoms with van der Waals surface area (Å²) in [5, 5.41) is 11.4. The van der Waals surface area contributed by atoms with Gasteiger partial charge in [0.25, 0.3) is 5.22 Å². The topological polar surface area (TPSA) is 74.5 Å². The summed E-state index contributed by atoms with van der Waals surface area (Å²) < 4.78 is 6.55. The average Bonchev–Trinajstić information content (AvgIpc) is 3.28. The number of carbonyl (C=O) groups excluding carboxylic acids is 1. The molecule has 2 heterocycles. The number of aromatic nitrogens is 2. The first-order chi connectivity index (χ1) is 15.6. The summed E-state index contributed by atoms with van der Waals surface area (Å²) in [5.74, 6) is 0.479. The van der Waals surface area contributed by atoms with Gasteiger partial charge >= 0.3 is 0 Å². The fourth-order valence-corrected chi connectivity index (χ4v) is 4.48. The minimum absolute atomic E-state index is 0.124. The zero-order valence-electron chi connectivity index (χ0n) is 17.5. The highest BCUT2D eigenvalue weighted by molar-refractivity contribution is 9.10. The molecule has 32 heavy (non-hydrogen) atoms. The number of halogens is 1. The maximum absolute atomic E-state index is 12.3. The number of piperazine rings is 1. The number of amides is 1. The normalized spacial score (nSPS) is 14.3. The summed E-state index contributed by atoms with van der Waals surface area (Å²) in [6.45, 7) is 8.78. The van der Waals surface area contributed by atoms with Gasteiger partial charge in [-0.25, -0.2) is 0 Å². The third-order valence-electron chi connectivity index (χ3n) is 5.11. The third-order valence-corrected chi connectivity index (χ3v) is 6.62. The summed E-state index contributed by atoms with van der Waals surface area (Å²) in [4.78, 5) is 17.1. The predicted octanol–water partition coefficient (Wildman–Crippen LogP) is 4.54. The number of hydrogen-bond acceptors (Lipinski definition) is 7. The van der Waals surface area contributed by atoms with Crippen molar-refractivity contribution in [1.82, 2.24) is 15.1 Å². The van der Waals surface area contributed by atoms with E-state index in [4.69, 9.17) is 4.42 Å². The van der Waals surface area contributed by atoms with Crippen molar-refractivity contribution in [3.05, 3.63) is 65.7 Å². The van der Waals surface area contributed by atoms with Crippen molar-refractivity contribution in [2.45, 2.75) is 5.22 Å². The van der Waals surface area contributed by atoms with Crippen LogP contribution in [-0.2, 0) is 4.79 Å². The average molecular weight is 514 g/mol. The lowest BCUT2D eigenvalue weighted by atomic mass is 10.2. The molecule has 7 nitrogen and oxygen atoms in total. The number of hydrogen-bond donors (Lipinski definition) is 1. The van der Waals surface area contributed by atoms with E-state index in [1.165, 1.54) is 17.4 Å². The molecule has 4 rings (SSSR count). The molecule has 0 bridgehead atoms. The van der Waals surface area contributed by atoms with Crippen molar-refractivity contribution in [3.63, 3.8) is 0 Å². The van der Waals surface area contributed by atoms with Crippen LogP contribution in [-0.4, -0.2) is 59.5 Å². The molecule has 9 heteroatoms. The van der Waals surface area contributed by atoms with Crippen molar-refractivity contribution in [3.8, 4) is 11.5 Å². The summed E-state index contributed by atoms with van der Waals surface area (Å²) in [6, 6.07) is 15.6. The molecule has 0 atom stereocenters. The van der Waals surface area contributed by atoms with Gasteiger partial charge in [-0.05, 0) is 52.3 Å². The summed E-state index contributed by atoms with van der Waals surface area (Å²) in [5.41, 5.74) is 2.75. The molecule has 1 aliphatic heterocycles. The third kappa shape index (κ3) is 5.79. The first-order valence-corrected chi connectivity index (χ1v) is 12.1. The van der Waals surface area contributed by atoms with Gasteiger partial charge in [0, 0.05) is 48.6 Å². The molecule has 1 saturated heterocycles. The molecule has 1 amide bonds. The molecule has 0 saturated carbocycles. The smallest absolute Gasteiger partial charge is 0.277 e. The van der Waals surface area contributed by atoms with Crippen molar-refractivity contribution in [1.29, 1.82) is 0 Å². The lowest BCUT2D eigenvalue weighted by Crippen LogP contribution is -2.46. The second-order valence-electron chi connectivity index (χ2n) is 7.31. The van der Waals surface area contributed by atoms with Gasteiger partial charge in [0.15, 0.2) is 0 Å². The molecule has 1 aliphatic rings. The number of benzene rings is 2. The number of nitrogens with zero attached hydrogens (tertiary/aromatic N) is 4. The first kappa shape index (κ1) is 22.6. The zero-order chi connectivity index (χ0) is 22.3. The highest BCUT2D eigenvalue weighted by Crippen LogP contribution is 2.29. The minimum Gasteiger partial charge on any atom is -0.411 e. The zero-order valence-corrected chi connectivity index (χ0v) is 19.9. The van der Waals surface area contributed by atoms with Gasteiger partial charge in [-0.2, -0.15) is 0 Å². The Morgan fingerprint density at radius 1 is 1.12 bits per heavy atom. The fourth-order valence-electron chi connectivity index (χ4n) is 3.46. The molecule has 0 aliphatic carbocycles. The molecular weight excluding hydrogens is 490 g/mol. The van der Waals surface area contributed by atoms with Crippen molar-refractivity contribution in [2.75, 3.05) is 48.7 Å². The van der Waals surface area contributed by atoms with Gasteiger partial charge in [0.2, 0.25) is 11.8 Å². The van der Waals surface area contributed by atoms with Crippen LogP contribution in [0, 0.1) is 0 Å². The number of nitrogens with one attached hydrogen (secondary N) is 1. The monoisotopic (exact) mass is 513 g/mol. The quantitative estimate of drug-likeness (QED) is 0.350. The number of carbonyl (C=O) groups is 1. The van der Waals surface area contributed by atoms with Gasteiger partial charge in [-0.1, -0.05) is 30.0 Å². The lowest BCUT2D eigenvalue weighted by Gasteiger charge is -2.35. The molecule has 166 valence electrons. The Hall–Kier alpha value is -2.62. The molecule has 1 fully saturated rings. The predicted molar refractivity (Wildman–Crippen MR) is 132 cm³/mol. The van der Waals surface area contributed by atoms with E-state index in [2.05, 4.69) is 47.8 Å². The fraction of sp³-hybridized carbons (Fsp3) is 0.261. The summed E-state index contributed by atoms with van der Waals surface area (Å²) >= 11 is 4.68. The van der Waals surface area contributed by atoms with Crippen molar-refractivity contribution in [2.24, 2.45) is 0 Å². The minimum atomic E-state index is -0.124. The first-order valence-electron chi connectivity index (χ1n) is 10.3. The lowest BCUT2D eigenvalue weighted by molar-refractivity contribution is -0.113. The second-order valence-corrected chi connectivity index (χ2v) is 9.09. The number of rotatable bonds is 8. The largest absolute Gasteiger partial charge is 0.411 e. The Kier molecular flexibility index (Phi) is 7.62. The van der Waals surface area contributed by atoms with Gasteiger partial charge in [-0.3, -0.25) is 9.69 Å². The molecule has 2 aromatic carbocycles. The number of thioether (sulfide) groups is 1. The van der Waals surface area contributed by atoms with E-state index in [9.17, 15) is 4.79 Å². The van der Waals surface area contributed by atoms with Crippen LogP contribution in [0.2, 0.25) is 0 Å². The van der Waals surface area contributed by atoms with E-state index >= 15 is 0 Å². The Morgan fingerprint density at radius 2 is 1.88 bits per heavy atom. The van der Waals surface area contributed by atoms with E-state index in [1.54, 1.807) is 0 Å². The summed E-state index contributed by atoms with van der Waals surface area (Å²) in [7, 11) is 0. The van der Waals surface area contributed by atoms with E-state index in [0.717, 1.165) is 48.4 Å². The Morgan fingerprint density at radius 3 is 2.59 bits per heavy atom. The van der Waals surface area contributed by atoms with E-state index in [0.29, 0.717) is 11.1 Å². The Bertz CT molecular complexity index is 1060. The SMILES string of the molecule is C=CCN1CCN(c2ccc(NC(=O)CSc3nnc(-c4ccccc4Br)o3)cc2)CC1. The second kappa shape index (κ2) is 10.8. The maximum atomic E-state index is 12.3. The molecule has 0 spiro atoms. The van der Waals surface area contributed by atoms with Crippen LogP contribution in [0.15, 0.2) is 75.3 Å². The van der Waals surface area contributed by atoms with Gasteiger partial charge in [-0.15, -0.1) is 16.8 Å². The molecule has 0 radical (unpaired) electrons. The van der Waals surface area contributed by atoms with Crippen LogP contribution in [0.25, 0.3) is 11.5 Å². The van der Waals surface area contributed by atoms with Crippen molar-refractivity contribution >= 4 is 45.0 Å². The molecular formula is C23H24BrN5O2S. The van der Waals surface area contributed by atoms with Crippen LogP contribution in [0.5, 0.6) is 0 Å². The summed E-state index contributed by atoms with van der Waals surface area (Å²) in [6.07, 6.45) is 1.95. The van der Waals surface area contributed by atoms with Crippen LogP contribution in [0.4, 0.5) is 11.4 Å². The van der Waals surface area contributed by atoms with Crippen LogP contribution < -0.4 is 10.2 Å². The van der Waals surface area contributed by atoms with Crippen molar-refractivity contribution < 1.29 is 9.21 Å². The standard InChI is InChI=1S/C23H24BrN5O2S/c1-2-11-28-12-14-29(15-13-28)18-9-7-17(8-10-18)25-21(30)16-32-23-27-26-22(31-23)19-5-3-4-6-20(19)24/h2-10H,1,11-16H2,(H,25,30). The van der Waals surface area contributed by atoms with Gasteiger partial charge < -0.3 is 14.6 Å². The highest BCUT2D eigenvalue weighted by atomic mass is 79.9. The van der Waals surface area contributed by atoms with Crippen LogP contribution in [0.3, 0.4) is 0 Å². The molecule has 3 aromatic rings. The Labute approximate surface area is 200 Å². The van der Waals surface area contributed by atoms with E-state index in [1.807, 2.05) is 54.6 Å². The molecule has 1 aromatic heterocycles. The number of anilines is 2. The maximum Gasteiger partial charge on any atom is 0.277 e. The van der Waals surface area contributed by atoms with Gasteiger partial charge in [0.05, 0.1) is 11.3 Å². The highest BCUT2D eigenvalue weighted by Gasteiger charge is 2.16. The van der Waals surface area contributed by atoms with Crippen LogP contribution in [0.1, 0.15) is 0 Å². The van der Waals surface area contributed by atoms with E-state index in [-0.39, 0.29) is 11.7 Å².